The maximum Gasteiger partial charge on any atom is 0.326 e. The highest BCUT2D eigenvalue weighted by molar-refractivity contribution is 5.96. The fourth-order valence-electron chi connectivity index (χ4n) is 1.99. The van der Waals surface area contributed by atoms with E-state index in [1.54, 1.807) is 0 Å². The molecule has 1 atom stereocenters. The van der Waals surface area contributed by atoms with Gasteiger partial charge in [0.05, 0.1) is 0 Å². The van der Waals surface area contributed by atoms with Gasteiger partial charge >= 0.3 is 11.9 Å². The van der Waals surface area contributed by atoms with Crippen LogP contribution in [0.25, 0.3) is 0 Å². The molecular formula is C15H17NO5. The second kappa shape index (κ2) is 6.39. The van der Waals surface area contributed by atoms with Gasteiger partial charge in [-0.15, -0.1) is 0 Å². The van der Waals surface area contributed by atoms with Gasteiger partial charge in [0.1, 0.15) is 11.8 Å². The molecule has 1 aliphatic carbocycles. The molecule has 0 saturated heterocycles. The molecule has 1 aliphatic rings. The zero-order valence-corrected chi connectivity index (χ0v) is 11.7. The number of esters is 1. The summed E-state index contributed by atoms with van der Waals surface area (Å²) in [6, 6.07) is 5.10. The standard InChI is InChI=1S/C15H17NO5/c1-9(17)21-12-6-4-11(5-7-12)14(18)16-13(15(19)20)8-10-2-3-10/h4-7,10,13H,2-3,8H2,1H3,(H,16,18)(H,19,20)/t13-/m0/s1. The minimum Gasteiger partial charge on any atom is -0.480 e. The number of ether oxygens (including phenoxy) is 1. The van der Waals surface area contributed by atoms with Gasteiger partial charge in [-0.1, -0.05) is 12.8 Å². The average Bonchev–Trinajstić information content (AvgIpc) is 3.22. The number of carbonyl (C=O) groups is 3. The third-order valence-electron chi connectivity index (χ3n) is 3.25. The molecule has 1 fully saturated rings. The lowest BCUT2D eigenvalue weighted by molar-refractivity contribution is -0.139. The number of hydrogen-bond acceptors (Lipinski definition) is 4. The highest BCUT2D eigenvalue weighted by Gasteiger charge is 2.30. The van der Waals surface area contributed by atoms with Crippen LogP contribution in [0.15, 0.2) is 24.3 Å². The Labute approximate surface area is 122 Å². The number of carboxylic acid groups (broad SMARTS) is 1. The number of aliphatic carboxylic acids is 1. The molecule has 0 radical (unpaired) electrons. The summed E-state index contributed by atoms with van der Waals surface area (Å²) in [4.78, 5) is 33.9. The summed E-state index contributed by atoms with van der Waals surface area (Å²) in [5, 5.41) is 11.6. The topological polar surface area (TPSA) is 92.7 Å². The first-order chi connectivity index (χ1) is 9.95. The van der Waals surface area contributed by atoms with Crippen LogP contribution >= 0.6 is 0 Å². The predicted molar refractivity (Wildman–Crippen MR) is 74.0 cm³/mol. The quantitative estimate of drug-likeness (QED) is 0.613. The number of rotatable bonds is 6. The first-order valence-corrected chi connectivity index (χ1v) is 6.78. The summed E-state index contributed by atoms with van der Waals surface area (Å²) in [6.45, 7) is 1.29. The normalized spacial score (nSPS) is 15.1. The Kier molecular flexibility index (Phi) is 4.57. The molecule has 0 aromatic heterocycles. The van der Waals surface area contributed by atoms with Gasteiger partial charge in [0, 0.05) is 12.5 Å². The van der Waals surface area contributed by atoms with Crippen molar-refractivity contribution in [2.75, 3.05) is 0 Å². The van der Waals surface area contributed by atoms with Crippen LogP contribution in [0, 0.1) is 5.92 Å². The van der Waals surface area contributed by atoms with E-state index in [2.05, 4.69) is 5.32 Å². The molecule has 1 aromatic carbocycles. The first kappa shape index (κ1) is 15.0. The van der Waals surface area contributed by atoms with Crippen molar-refractivity contribution in [2.24, 2.45) is 5.92 Å². The molecule has 0 spiro atoms. The number of hydrogen-bond donors (Lipinski definition) is 2. The molecule has 2 N–H and O–H groups in total. The van der Waals surface area contributed by atoms with Crippen LogP contribution in [0.4, 0.5) is 0 Å². The monoisotopic (exact) mass is 291 g/mol. The lowest BCUT2D eigenvalue weighted by Gasteiger charge is -2.14. The SMILES string of the molecule is CC(=O)Oc1ccc(C(=O)N[C@@H](CC2CC2)C(=O)O)cc1. The summed E-state index contributed by atoms with van der Waals surface area (Å²) < 4.78 is 4.86. The van der Waals surface area contributed by atoms with Crippen molar-refractivity contribution in [3.8, 4) is 5.75 Å². The largest absolute Gasteiger partial charge is 0.480 e. The Morgan fingerprint density at radius 1 is 1.29 bits per heavy atom. The molecule has 0 bridgehead atoms. The third-order valence-corrected chi connectivity index (χ3v) is 3.25. The van der Waals surface area contributed by atoms with Crippen LogP contribution in [0.5, 0.6) is 5.75 Å². The number of carboxylic acids is 1. The van der Waals surface area contributed by atoms with Crippen molar-refractivity contribution in [3.05, 3.63) is 29.8 Å². The van der Waals surface area contributed by atoms with E-state index in [1.165, 1.54) is 31.2 Å². The molecule has 0 unspecified atom stereocenters. The summed E-state index contributed by atoms with van der Waals surface area (Å²) in [5.41, 5.74) is 0.327. The molecule has 1 amide bonds. The Balaban J connectivity index is 1.97. The maximum atomic E-state index is 12.0. The van der Waals surface area contributed by atoms with E-state index in [-0.39, 0.29) is 0 Å². The van der Waals surface area contributed by atoms with Crippen LogP contribution in [0.3, 0.4) is 0 Å². The van der Waals surface area contributed by atoms with E-state index in [0.717, 1.165) is 12.8 Å². The van der Waals surface area contributed by atoms with Gasteiger partial charge in [-0.25, -0.2) is 4.79 Å². The molecular weight excluding hydrogens is 274 g/mol. The Morgan fingerprint density at radius 2 is 1.90 bits per heavy atom. The first-order valence-electron chi connectivity index (χ1n) is 6.78. The van der Waals surface area contributed by atoms with Crippen LogP contribution < -0.4 is 10.1 Å². The van der Waals surface area contributed by atoms with Crippen molar-refractivity contribution < 1.29 is 24.2 Å². The van der Waals surface area contributed by atoms with E-state index >= 15 is 0 Å². The van der Waals surface area contributed by atoms with Crippen molar-refractivity contribution in [3.63, 3.8) is 0 Å². The predicted octanol–water partition coefficient (Wildman–Crippen LogP) is 1.60. The maximum absolute atomic E-state index is 12.0. The fourth-order valence-corrected chi connectivity index (χ4v) is 1.99. The van der Waals surface area contributed by atoms with Crippen molar-refractivity contribution in [2.45, 2.75) is 32.2 Å². The number of amides is 1. The molecule has 1 saturated carbocycles. The number of benzene rings is 1. The van der Waals surface area contributed by atoms with Crippen LogP contribution in [0.1, 0.15) is 36.5 Å². The summed E-state index contributed by atoms with van der Waals surface area (Å²) >= 11 is 0. The molecule has 2 rings (SSSR count). The van der Waals surface area contributed by atoms with Gasteiger partial charge in [-0.05, 0) is 36.6 Å². The average molecular weight is 291 g/mol. The lowest BCUT2D eigenvalue weighted by Crippen LogP contribution is -2.41. The minimum atomic E-state index is -1.02. The highest BCUT2D eigenvalue weighted by atomic mass is 16.5. The summed E-state index contributed by atoms with van der Waals surface area (Å²) in [6.07, 6.45) is 2.51. The Hall–Kier alpha value is -2.37. The lowest BCUT2D eigenvalue weighted by atomic mass is 10.1. The van der Waals surface area contributed by atoms with E-state index in [4.69, 9.17) is 9.84 Å². The zero-order valence-electron chi connectivity index (χ0n) is 11.7. The zero-order chi connectivity index (χ0) is 15.4. The van der Waals surface area contributed by atoms with E-state index in [9.17, 15) is 14.4 Å². The van der Waals surface area contributed by atoms with Gasteiger partial charge in [0.2, 0.25) is 0 Å². The van der Waals surface area contributed by atoms with E-state index < -0.39 is 23.9 Å². The molecule has 6 heteroatoms. The molecule has 6 nitrogen and oxygen atoms in total. The third kappa shape index (κ3) is 4.59. The molecule has 1 aromatic rings. The molecule has 112 valence electrons. The minimum absolute atomic E-state index is 0.327. The van der Waals surface area contributed by atoms with Gasteiger partial charge in [0.15, 0.2) is 0 Å². The van der Waals surface area contributed by atoms with Crippen molar-refractivity contribution in [1.82, 2.24) is 5.32 Å². The highest BCUT2D eigenvalue weighted by Crippen LogP contribution is 2.33. The van der Waals surface area contributed by atoms with Gasteiger partial charge in [-0.2, -0.15) is 0 Å². The van der Waals surface area contributed by atoms with Crippen molar-refractivity contribution >= 4 is 17.8 Å². The van der Waals surface area contributed by atoms with Crippen LogP contribution in [-0.2, 0) is 9.59 Å². The second-order valence-electron chi connectivity index (χ2n) is 5.16. The smallest absolute Gasteiger partial charge is 0.326 e. The molecule has 0 aliphatic heterocycles. The van der Waals surface area contributed by atoms with Gasteiger partial charge in [-0.3, -0.25) is 9.59 Å². The number of carbonyl (C=O) groups excluding carboxylic acids is 2. The van der Waals surface area contributed by atoms with Gasteiger partial charge in [0.25, 0.3) is 5.91 Å². The van der Waals surface area contributed by atoms with E-state index in [1.807, 2.05) is 0 Å². The number of nitrogens with one attached hydrogen (secondary N) is 1. The van der Waals surface area contributed by atoms with Gasteiger partial charge < -0.3 is 15.2 Å². The molecule has 0 heterocycles. The van der Waals surface area contributed by atoms with E-state index in [0.29, 0.717) is 23.7 Å². The Bertz CT molecular complexity index is 548. The van der Waals surface area contributed by atoms with Crippen LogP contribution in [-0.4, -0.2) is 29.0 Å². The molecule has 21 heavy (non-hydrogen) atoms. The summed E-state index contributed by atoms with van der Waals surface area (Å²) in [7, 11) is 0. The second-order valence-corrected chi connectivity index (χ2v) is 5.16. The van der Waals surface area contributed by atoms with Crippen molar-refractivity contribution in [1.29, 1.82) is 0 Å². The Morgan fingerprint density at radius 3 is 2.38 bits per heavy atom. The fraction of sp³-hybridized carbons (Fsp3) is 0.400. The summed E-state index contributed by atoms with van der Waals surface area (Å²) in [5.74, 6) is -1.17. The van der Waals surface area contributed by atoms with Crippen LogP contribution in [0.2, 0.25) is 0 Å².